The molecule has 0 aliphatic carbocycles. The Kier molecular flexibility index (Phi) is 7.56. The van der Waals surface area contributed by atoms with Gasteiger partial charge in [-0.25, -0.2) is 22.9 Å². The first-order valence-corrected chi connectivity index (χ1v) is 13.4. The summed E-state index contributed by atoms with van der Waals surface area (Å²) in [6, 6.07) is 7.29. The minimum absolute atomic E-state index is 0.0152. The molecular weight excluding hydrogens is 506 g/mol. The Hall–Kier alpha value is -3.49. The number of carbonyl (C=O) groups is 1. The molecule has 1 aliphatic heterocycles. The molecule has 1 aliphatic rings. The number of amides is 2. The number of thiazole rings is 1. The van der Waals surface area contributed by atoms with Crippen LogP contribution in [0.25, 0.3) is 0 Å². The van der Waals surface area contributed by atoms with Gasteiger partial charge in [0, 0.05) is 30.0 Å². The molecule has 1 aromatic carbocycles. The van der Waals surface area contributed by atoms with Gasteiger partial charge in [-0.3, -0.25) is 5.32 Å². The summed E-state index contributed by atoms with van der Waals surface area (Å²) in [5, 5.41) is 5.75. The maximum absolute atomic E-state index is 12.7. The molecule has 14 heteroatoms. The van der Waals surface area contributed by atoms with Gasteiger partial charge < -0.3 is 19.7 Å². The number of carbonyl (C=O) groups excluding carboxylic acids is 1. The fourth-order valence-electron chi connectivity index (χ4n) is 3.62. The van der Waals surface area contributed by atoms with Crippen molar-refractivity contribution in [3.8, 4) is 11.9 Å². The summed E-state index contributed by atoms with van der Waals surface area (Å²) < 4.78 is 38.2. The standard InChI is InChI=1S/C22H27N7O5S2/c1-13(2)28-36(31,32)17-8-6-5-7-15(17)23-20(30)27-22-24-14-9-10-29(12-16(14)35-22)18-11-19(33-3)26-21(25-18)34-4/h5-8,11,13,28H,9-10,12H2,1-4H3,(H2,23,24,27,30). The Morgan fingerprint density at radius 1 is 1.11 bits per heavy atom. The number of nitrogens with one attached hydrogen (secondary N) is 3. The van der Waals surface area contributed by atoms with Crippen molar-refractivity contribution in [2.75, 3.05) is 36.3 Å². The zero-order valence-electron chi connectivity index (χ0n) is 20.2. The van der Waals surface area contributed by atoms with Crippen molar-refractivity contribution in [2.24, 2.45) is 0 Å². The third-order valence-electron chi connectivity index (χ3n) is 5.15. The largest absolute Gasteiger partial charge is 0.481 e. The second-order valence-corrected chi connectivity index (χ2v) is 10.9. The molecule has 3 heterocycles. The summed E-state index contributed by atoms with van der Waals surface area (Å²) in [7, 11) is -0.771. The minimum Gasteiger partial charge on any atom is -0.481 e. The van der Waals surface area contributed by atoms with Crippen molar-refractivity contribution < 1.29 is 22.7 Å². The minimum atomic E-state index is -3.79. The van der Waals surface area contributed by atoms with Crippen LogP contribution in [0.4, 0.5) is 21.4 Å². The van der Waals surface area contributed by atoms with Crippen molar-refractivity contribution in [1.82, 2.24) is 19.7 Å². The lowest BCUT2D eigenvalue weighted by molar-refractivity contribution is 0.262. The normalized spacial score (nSPS) is 13.3. The van der Waals surface area contributed by atoms with E-state index >= 15 is 0 Å². The van der Waals surface area contributed by atoms with Crippen molar-refractivity contribution in [1.29, 1.82) is 0 Å². The first-order chi connectivity index (χ1) is 17.2. The number of urea groups is 1. The summed E-state index contributed by atoms with van der Waals surface area (Å²) in [6.07, 6.45) is 0.658. The number of fused-ring (bicyclic) bond motifs is 1. The van der Waals surface area contributed by atoms with Gasteiger partial charge in [-0.1, -0.05) is 23.5 Å². The van der Waals surface area contributed by atoms with Gasteiger partial charge in [-0.2, -0.15) is 9.97 Å². The molecule has 4 rings (SSSR count). The Labute approximate surface area is 213 Å². The molecular formula is C22H27N7O5S2. The van der Waals surface area contributed by atoms with E-state index in [-0.39, 0.29) is 22.6 Å². The summed E-state index contributed by atoms with van der Waals surface area (Å²) in [5.41, 5.74) is 1.06. The van der Waals surface area contributed by atoms with Gasteiger partial charge in [-0.15, -0.1) is 0 Å². The van der Waals surface area contributed by atoms with Gasteiger partial charge in [0.15, 0.2) is 5.13 Å². The maximum Gasteiger partial charge on any atom is 0.325 e. The molecule has 0 spiro atoms. The number of rotatable bonds is 8. The molecule has 12 nitrogen and oxygen atoms in total. The van der Waals surface area contributed by atoms with Gasteiger partial charge in [0.25, 0.3) is 0 Å². The van der Waals surface area contributed by atoms with Crippen LogP contribution in [0, 0.1) is 0 Å². The average molecular weight is 534 g/mol. The number of hydrogen-bond donors (Lipinski definition) is 3. The molecule has 0 saturated carbocycles. The SMILES string of the molecule is COc1cc(N2CCc3nc(NC(=O)Nc4ccccc4S(=O)(=O)NC(C)C)sc3C2)nc(OC)n1. The van der Waals surface area contributed by atoms with Crippen molar-refractivity contribution in [3.63, 3.8) is 0 Å². The summed E-state index contributed by atoms with van der Waals surface area (Å²) in [5.74, 6) is 1.06. The monoisotopic (exact) mass is 533 g/mol. The molecule has 3 N–H and O–H groups in total. The van der Waals surface area contributed by atoms with Crippen LogP contribution in [0.1, 0.15) is 24.4 Å². The third-order valence-corrected chi connectivity index (χ3v) is 7.87. The number of sulfonamides is 1. The van der Waals surface area contributed by atoms with E-state index in [1.54, 1.807) is 32.0 Å². The number of ether oxygens (including phenoxy) is 2. The number of hydrogen-bond acceptors (Lipinski definition) is 10. The first kappa shape index (κ1) is 25.6. The molecule has 36 heavy (non-hydrogen) atoms. The molecule has 2 amide bonds. The van der Waals surface area contributed by atoms with Gasteiger partial charge in [0.2, 0.25) is 15.9 Å². The highest BCUT2D eigenvalue weighted by Gasteiger charge is 2.24. The van der Waals surface area contributed by atoms with Crippen LogP contribution in [-0.2, 0) is 23.0 Å². The Balaban J connectivity index is 1.46. The zero-order valence-corrected chi connectivity index (χ0v) is 21.9. The van der Waals surface area contributed by atoms with Crippen LogP contribution in [0.3, 0.4) is 0 Å². The Bertz CT molecular complexity index is 1340. The summed E-state index contributed by atoms with van der Waals surface area (Å²) >= 11 is 1.35. The highest BCUT2D eigenvalue weighted by Crippen LogP contribution is 2.32. The third kappa shape index (κ3) is 5.83. The van der Waals surface area contributed by atoms with Crippen molar-refractivity contribution in [2.45, 2.75) is 37.8 Å². The van der Waals surface area contributed by atoms with Gasteiger partial charge in [0.1, 0.15) is 10.7 Å². The Morgan fingerprint density at radius 2 is 1.89 bits per heavy atom. The second-order valence-electron chi connectivity index (χ2n) is 8.17. The van der Waals surface area contributed by atoms with E-state index in [1.165, 1.54) is 37.7 Å². The maximum atomic E-state index is 12.7. The predicted octanol–water partition coefficient (Wildman–Crippen LogP) is 2.84. The van der Waals surface area contributed by atoms with Crippen LogP contribution in [0.5, 0.6) is 11.9 Å². The van der Waals surface area contributed by atoms with Gasteiger partial charge >= 0.3 is 12.0 Å². The van der Waals surface area contributed by atoms with E-state index in [2.05, 4.69) is 35.2 Å². The van der Waals surface area contributed by atoms with Gasteiger partial charge in [-0.05, 0) is 26.0 Å². The quantitative estimate of drug-likeness (QED) is 0.397. The fourth-order valence-corrected chi connectivity index (χ4v) is 6.06. The Morgan fingerprint density at radius 3 is 2.61 bits per heavy atom. The number of nitrogens with zero attached hydrogens (tertiary/aromatic N) is 4. The molecule has 0 bridgehead atoms. The second kappa shape index (κ2) is 10.6. The lowest BCUT2D eigenvalue weighted by Crippen LogP contribution is -2.31. The van der Waals surface area contributed by atoms with Crippen LogP contribution in [0.2, 0.25) is 0 Å². The highest BCUT2D eigenvalue weighted by atomic mass is 32.2. The van der Waals surface area contributed by atoms with E-state index < -0.39 is 16.1 Å². The highest BCUT2D eigenvalue weighted by molar-refractivity contribution is 7.89. The van der Waals surface area contributed by atoms with Crippen molar-refractivity contribution in [3.05, 3.63) is 40.9 Å². The predicted molar refractivity (Wildman–Crippen MR) is 137 cm³/mol. The van der Waals surface area contributed by atoms with E-state index in [9.17, 15) is 13.2 Å². The average Bonchev–Trinajstić information content (AvgIpc) is 3.24. The number of aromatic nitrogens is 3. The molecule has 0 radical (unpaired) electrons. The van der Waals surface area contributed by atoms with E-state index in [1.807, 2.05) is 0 Å². The number of para-hydroxylation sites is 1. The smallest absolute Gasteiger partial charge is 0.325 e. The van der Waals surface area contributed by atoms with Gasteiger partial charge in [0.05, 0.1) is 32.1 Å². The molecule has 2 aromatic heterocycles. The lowest BCUT2D eigenvalue weighted by Gasteiger charge is -2.27. The van der Waals surface area contributed by atoms with Crippen LogP contribution < -0.4 is 29.7 Å². The number of benzene rings is 1. The van der Waals surface area contributed by atoms with Crippen LogP contribution in [0.15, 0.2) is 35.2 Å². The van der Waals surface area contributed by atoms with E-state index in [0.717, 1.165) is 10.6 Å². The molecule has 0 atom stereocenters. The lowest BCUT2D eigenvalue weighted by atomic mass is 10.2. The van der Waals surface area contributed by atoms with E-state index in [0.29, 0.717) is 36.3 Å². The number of methoxy groups -OCH3 is 2. The topological polar surface area (TPSA) is 148 Å². The fraction of sp³-hybridized carbons (Fsp3) is 0.364. The first-order valence-electron chi connectivity index (χ1n) is 11.1. The molecule has 192 valence electrons. The summed E-state index contributed by atoms with van der Waals surface area (Å²) in [4.78, 5) is 28.8. The van der Waals surface area contributed by atoms with E-state index in [4.69, 9.17) is 9.47 Å². The molecule has 3 aromatic rings. The molecule has 0 fully saturated rings. The molecule has 0 saturated heterocycles. The molecule has 0 unspecified atom stereocenters. The van der Waals surface area contributed by atoms with Crippen molar-refractivity contribution >= 4 is 44.0 Å². The van der Waals surface area contributed by atoms with Crippen LogP contribution >= 0.6 is 11.3 Å². The zero-order chi connectivity index (χ0) is 25.9. The summed E-state index contributed by atoms with van der Waals surface area (Å²) in [6.45, 7) is 4.66. The number of anilines is 3. The van der Waals surface area contributed by atoms with Crippen LogP contribution in [-0.4, -0.2) is 56.2 Å².